The summed E-state index contributed by atoms with van der Waals surface area (Å²) in [5.41, 5.74) is 3.01. The molecule has 0 bridgehead atoms. The number of nitrogens with one attached hydrogen (secondary N) is 2. The normalized spacial score (nSPS) is 12.7. The highest BCUT2D eigenvalue weighted by atomic mass is 16.2. The van der Waals surface area contributed by atoms with E-state index in [2.05, 4.69) is 20.6 Å². The molecule has 0 unspecified atom stereocenters. The fourth-order valence-corrected chi connectivity index (χ4v) is 1.70. The summed E-state index contributed by atoms with van der Waals surface area (Å²) in [4.78, 5) is 18.8. The maximum atomic E-state index is 10.5. The molecular weight excluding hydrogens is 316 g/mol. The molecule has 1 saturated heterocycles. The van der Waals surface area contributed by atoms with Crippen molar-refractivity contribution in [3.8, 4) is 0 Å². The van der Waals surface area contributed by atoms with E-state index >= 15 is 0 Å². The van der Waals surface area contributed by atoms with E-state index in [-0.39, 0.29) is 5.91 Å². The van der Waals surface area contributed by atoms with Crippen LogP contribution >= 0.6 is 0 Å². The number of carbonyl (C=O) groups excluding carboxylic acids is 1. The van der Waals surface area contributed by atoms with Crippen LogP contribution in [0.15, 0.2) is 12.4 Å². The molecule has 0 aromatic carbocycles. The minimum absolute atomic E-state index is 0.138. The zero-order valence-corrected chi connectivity index (χ0v) is 18.2. The molecule has 2 heterocycles. The molecule has 1 aliphatic rings. The molecule has 1 amide bonds. The quantitative estimate of drug-likeness (QED) is 0.867. The summed E-state index contributed by atoms with van der Waals surface area (Å²) in [5, 5.41) is 2.73. The predicted octanol–water partition coefficient (Wildman–Crippen LogP) is 2.24. The minimum Gasteiger partial charge on any atom is -0.354 e. The molecule has 0 atom stereocenters. The Bertz CT molecular complexity index is 393. The van der Waals surface area contributed by atoms with Gasteiger partial charge in [-0.15, -0.1) is 0 Å². The molecule has 1 aliphatic heterocycles. The molecule has 2 N–H and O–H groups in total. The number of amides is 1. The second kappa shape index (κ2) is 20.4. The van der Waals surface area contributed by atoms with Gasteiger partial charge in [0.25, 0.3) is 0 Å². The van der Waals surface area contributed by atoms with Crippen LogP contribution in [0.1, 0.15) is 47.4 Å². The Labute approximate surface area is 155 Å². The number of imidazole rings is 1. The number of rotatable bonds is 3. The highest BCUT2D eigenvalue weighted by molar-refractivity contribution is 5.78. The monoisotopic (exact) mass is 358 g/mol. The maximum absolute atomic E-state index is 10.5. The number of carbonyl (C=O) groups is 1. The Hall–Kier alpha value is -1.60. The number of likely N-dealkylation sites (N-methyl/N-ethyl adjacent to an activating group) is 1. The molecule has 1 aromatic rings. The number of nitrogens with zero attached hydrogens (tertiary/aromatic N) is 4. The maximum Gasteiger partial charge on any atom is 0.234 e. The summed E-state index contributed by atoms with van der Waals surface area (Å²) >= 11 is 0. The molecule has 1 aromatic heterocycles. The van der Waals surface area contributed by atoms with Gasteiger partial charge in [-0.3, -0.25) is 14.4 Å². The van der Waals surface area contributed by atoms with Crippen LogP contribution in [0.2, 0.25) is 0 Å². The van der Waals surface area contributed by atoms with Crippen LogP contribution in [0.25, 0.3) is 0 Å². The zero-order valence-electron chi connectivity index (χ0n) is 18.2. The van der Waals surface area contributed by atoms with Crippen molar-refractivity contribution in [2.45, 2.75) is 48.1 Å². The Morgan fingerprint density at radius 3 is 2.12 bits per heavy atom. The molecule has 0 saturated carbocycles. The van der Waals surface area contributed by atoms with Crippen molar-refractivity contribution in [2.24, 2.45) is 0 Å². The Morgan fingerprint density at radius 2 is 1.76 bits per heavy atom. The van der Waals surface area contributed by atoms with E-state index in [1.54, 1.807) is 6.20 Å². The minimum atomic E-state index is 0.138. The van der Waals surface area contributed by atoms with E-state index in [9.17, 15) is 4.79 Å². The van der Waals surface area contributed by atoms with E-state index in [0.29, 0.717) is 6.54 Å². The van der Waals surface area contributed by atoms with Crippen LogP contribution in [0, 0.1) is 0 Å². The lowest BCUT2D eigenvalue weighted by Gasteiger charge is -2.21. The number of aromatic nitrogens is 2. The zero-order chi connectivity index (χ0) is 20.3. The third kappa shape index (κ3) is 15.7. The first-order valence-corrected chi connectivity index (χ1v) is 9.33. The lowest BCUT2D eigenvalue weighted by atomic mass is 10.4. The first-order valence-electron chi connectivity index (χ1n) is 9.33. The van der Waals surface area contributed by atoms with Crippen LogP contribution in [0.3, 0.4) is 0 Å². The van der Waals surface area contributed by atoms with E-state index in [1.807, 2.05) is 85.5 Å². The van der Waals surface area contributed by atoms with E-state index in [4.69, 9.17) is 0 Å². The second-order valence-corrected chi connectivity index (χ2v) is 4.76. The number of hydrogen-bond donors (Lipinski definition) is 2. The molecule has 25 heavy (non-hydrogen) atoms. The van der Waals surface area contributed by atoms with Gasteiger partial charge in [0.2, 0.25) is 5.91 Å². The van der Waals surface area contributed by atoms with E-state index < -0.39 is 0 Å². The molecule has 0 spiro atoms. The van der Waals surface area contributed by atoms with Gasteiger partial charge in [0.05, 0.1) is 13.1 Å². The fourth-order valence-electron chi connectivity index (χ4n) is 1.70. The summed E-state index contributed by atoms with van der Waals surface area (Å²) in [5.74, 6) is 1.16. The first-order chi connectivity index (χ1) is 12.0. The van der Waals surface area contributed by atoms with Crippen LogP contribution in [-0.2, 0) is 11.3 Å². The second-order valence-electron chi connectivity index (χ2n) is 4.76. The highest BCUT2D eigenvalue weighted by Gasteiger charge is 2.10. The molecule has 150 valence electrons. The van der Waals surface area contributed by atoms with Gasteiger partial charge in [0.1, 0.15) is 5.82 Å². The number of piperazine rings is 1. The van der Waals surface area contributed by atoms with Crippen molar-refractivity contribution < 1.29 is 4.79 Å². The first kappa shape index (κ1) is 28.2. The van der Waals surface area contributed by atoms with Crippen LogP contribution in [0.5, 0.6) is 0 Å². The third-order valence-corrected chi connectivity index (χ3v) is 2.65. The van der Waals surface area contributed by atoms with Crippen LogP contribution in [-0.4, -0.2) is 73.2 Å². The van der Waals surface area contributed by atoms with Gasteiger partial charge in [0.15, 0.2) is 0 Å². The fraction of sp³-hybridized carbons (Fsp3) is 0.778. The van der Waals surface area contributed by atoms with Crippen molar-refractivity contribution in [3.63, 3.8) is 0 Å². The van der Waals surface area contributed by atoms with Crippen molar-refractivity contribution in [2.75, 3.05) is 53.3 Å². The van der Waals surface area contributed by atoms with Crippen LogP contribution in [0.4, 0.5) is 0 Å². The summed E-state index contributed by atoms with van der Waals surface area (Å²) in [7, 11) is 7.86. The summed E-state index contributed by atoms with van der Waals surface area (Å²) in [6.07, 6.45) is 3.69. The molecule has 1 fully saturated rings. The van der Waals surface area contributed by atoms with Gasteiger partial charge >= 0.3 is 0 Å². The molecule has 7 heteroatoms. The van der Waals surface area contributed by atoms with Crippen molar-refractivity contribution in [1.29, 1.82) is 0 Å². The lowest BCUT2D eigenvalue weighted by Crippen LogP contribution is -2.45. The van der Waals surface area contributed by atoms with Crippen LogP contribution < -0.4 is 10.7 Å². The van der Waals surface area contributed by atoms with Crippen molar-refractivity contribution >= 4 is 5.91 Å². The van der Waals surface area contributed by atoms with Gasteiger partial charge in [-0.1, -0.05) is 41.5 Å². The summed E-state index contributed by atoms with van der Waals surface area (Å²) < 4.78 is 1.90. The number of hydrogen-bond acceptors (Lipinski definition) is 5. The van der Waals surface area contributed by atoms with Gasteiger partial charge in [-0.2, -0.15) is 0 Å². The van der Waals surface area contributed by atoms with E-state index in [1.165, 1.54) is 0 Å². The highest BCUT2D eigenvalue weighted by Crippen LogP contribution is 1.96. The Kier molecular flexibility index (Phi) is 23.1. The van der Waals surface area contributed by atoms with Gasteiger partial charge in [0, 0.05) is 32.5 Å². The average molecular weight is 359 g/mol. The molecule has 0 radical (unpaired) electrons. The SMILES string of the molecule is CC.CC.CC.CN1CCNC(=O)C1.CNn1ccnc1CN(C)C. The van der Waals surface area contributed by atoms with Gasteiger partial charge < -0.3 is 15.6 Å². The predicted molar refractivity (Wildman–Crippen MR) is 109 cm³/mol. The van der Waals surface area contributed by atoms with E-state index in [0.717, 1.165) is 25.5 Å². The Morgan fingerprint density at radius 1 is 1.20 bits per heavy atom. The van der Waals surface area contributed by atoms with Gasteiger partial charge in [-0.05, 0) is 21.1 Å². The summed E-state index contributed by atoms with van der Waals surface area (Å²) in [6, 6.07) is 0. The largest absolute Gasteiger partial charge is 0.354 e. The third-order valence-electron chi connectivity index (χ3n) is 2.65. The van der Waals surface area contributed by atoms with Crippen molar-refractivity contribution in [1.82, 2.24) is 24.8 Å². The standard InChI is InChI=1S/C7H14N4.C5H10N2O.3C2H6/c1-8-11-5-4-9-7(11)6-10(2)3;1-7-3-2-6-5(8)4-7;3*1-2/h4-5,8H,6H2,1-3H3;2-4H2,1H3,(H,6,8);3*1-2H3. The molecular formula is C18H42N6O. The van der Waals surface area contributed by atoms with Crippen molar-refractivity contribution in [3.05, 3.63) is 18.2 Å². The summed E-state index contributed by atoms with van der Waals surface area (Å²) in [6.45, 7) is 15.2. The topological polar surface area (TPSA) is 65.4 Å². The van der Waals surface area contributed by atoms with Gasteiger partial charge in [-0.25, -0.2) is 4.98 Å². The molecule has 2 rings (SSSR count). The lowest BCUT2D eigenvalue weighted by molar-refractivity contribution is -0.123. The Balaban J connectivity index is -0.000000305. The molecule has 0 aliphatic carbocycles. The smallest absolute Gasteiger partial charge is 0.234 e. The average Bonchev–Trinajstić information content (AvgIpc) is 3.07. The molecule has 7 nitrogen and oxygen atoms in total.